The summed E-state index contributed by atoms with van der Waals surface area (Å²) in [5.74, 6) is -1.44. The summed E-state index contributed by atoms with van der Waals surface area (Å²) in [5, 5.41) is 19.7. The predicted molar refractivity (Wildman–Crippen MR) is 69.3 cm³/mol. The van der Waals surface area contributed by atoms with Crippen LogP contribution in [0.15, 0.2) is 18.2 Å². The van der Waals surface area contributed by atoms with Crippen molar-refractivity contribution in [2.45, 2.75) is 0 Å². The van der Waals surface area contributed by atoms with Crippen LogP contribution in [0.2, 0.25) is 0 Å². The molecule has 0 saturated carbocycles. The highest BCUT2D eigenvalue weighted by Gasteiger charge is 2.24. The van der Waals surface area contributed by atoms with Crippen LogP contribution < -0.4 is 4.90 Å². The molecule has 8 heteroatoms. The second-order valence-electron chi connectivity index (χ2n) is 4.55. The smallest absolute Gasteiger partial charge is 0.317 e. The van der Waals surface area contributed by atoms with Crippen LogP contribution in [0.5, 0.6) is 0 Å². The highest BCUT2D eigenvalue weighted by molar-refractivity contribution is 5.69. The number of hydrogen-bond acceptors (Lipinski definition) is 5. The van der Waals surface area contributed by atoms with E-state index >= 15 is 0 Å². The van der Waals surface area contributed by atoms with E-state index in [1.807, 2.05) is 0 Å². The first-order valence-electron chi connectivity index (χ1n) is 6.10. The van der Waals surface area contributed by atoms with Crippen molar-refractivity contribution in [3.05, 3.63) is 34.1 Å². The predicted octanol–water partition coefficient (Wildman–Crippen LogP) is 0.940. The first-order chi connectivity index (χ1) is 9.47. The minimum Gasteiger partial charge on any atom is -0.480 e. The Bertz CT molecular complexity index is 529. The van der Waals surface area contributed by atoms with Crippen molar-refractivity contribution in [1.82, 2.24) is 4.90 Å². The summed E-state index contributed by atoms with van der Waals surface area (Å²) < 4.78 is 13.3. The molecule has 2 rings (SSSR count). The second-order valence-corrected chi connectivity index (χ2v) is 4.55. The number of carboxylic acids is 1. The summed E-state index contributed by atoms with van der Waals surface area (Å²) in [4.78, 5) is 24.5. The van der Waals surface area contributed by atoms with Crippen LogP contribution in [0.4, 0.5) is 15.8 Å². The molecule has 7 nitrogen and oxygen atoms in total. The van der Waals surface area contributed by atoms with Crippen LogP contribution in [-0.4, -0.2) is 53.6 Å². The zero-order chi connectivity index (χ0) is 14.7. The Labute approximate surface area is 114 Å². The molecule has 0 aliphatic carbocycles. The molecule has 0 unspecified atom stereocenters. The van der Waals surface area contributed by atoms with Crippen LogP contribution in [0.1, 0.15) is 0 Å². The van der Waals surface area contributed by atoms with E-state index in [2.05, 4.69) is 0 Å². The number of carboxylic acid groups (broad SMARTS) is 1. The van der Waals surface area contributed by atoms with E-state index in [9.17, 15) is 19.3 Å². The molecular formula is C12H14FN3O4. The number of nitrogens with zero attached hydrogens (tertiary/aromatic N) is 3. The van der Waals surface area contributed by atoms with Gasteiger partial charge in [0.05, 0.1) is 11.5 Å². The van der Waals surface area contributed by atoms with E-state index in [1.54, 1.807) is 9.80 Å². The maximum absolute atomic E-state index is 13.3. The lowest BCUT2D eigenvalue weighted by Gasteiger charge is -2.34. The van der Waals surface area contributed by atoms with E-state index in [1.165, 1.54) is 0 Å². The number of halogens is 1. The fraction of sp³-hybridized carbons (Fsp3) is 0.417. The fourth-order valence-electron chi connectivity index (χ4n) is 2.24. The number of nitro groups is 1. The molecule has 1 fully saturated rings. The maximum Gasteiger partial charge on any atom is 0.317 e. The van der Waals surface area contributed by atoms with Crippen molar-refractivity contribution >= 4 is 17.3 Å². The van der Waals surface area contributed by atoms with Crippen LogP contribution in [-0.2, 0) is 4.79 Å². The Balaban J connectivity index is 2.12. The number of piperazine rings is 1. The Hall–Kier alpha value is -2.22. The maximum atomic E-state index is 13.3. The summed E-state index contributed by atoms with van der Waals surface area (Å²) in [6.07, 6.45) is 0. The molecule has 0 bridgehead atoms. The van der Waals surface area contributed by atoms with Gasteiger partial charge in [-0.05, 0) is 6.07 Å². The van der Waals surface area contributed by atoms with Gasteiger partial charge in [-0.25, -0.2) is 4.39 Å². The van der Waals surface area contributed by atoms with Gasteiger partial charge in [-0.2, -0.15) is 0 Å². The second kappa shape index (κ2) is 5.83. The van der Waals surface area contributed by atoms with Gasteiger partial charge in [-0.1, -0.05) is 0 Å². The normalized spacial score (nSPS) is 16.1. The van der Waals surface area contributed by atoms with Gasteiger partial charge in [-0.3, -0.25) is 19.8 Å². The van der Waals surface area contributed by atoms with Gasteiger partial charge in [0.1, 0.15) is 11.5 Å². The van der Waals surface area contributed by atoms with Gasteiger partial charge < -0.3 is 10.0 Å². The summed E-state index contributed by atoms with van der Waals surface area (Å²) in [5.41, 5.74) is 0.100. The summed E-state index contributed by atoms with van der Waals surface area (Å²) in [6.45, 7) is 1.74. The summed E-state index contributed by atoms with van der Waals surface area (Å²) >= 11 is 0. The van der Waals surface area contributed by atoms with Gasteiger partial charge in [0.25, 0.3) is 5.69 Å². The number of hydrogen-bond donors (Lipinski definition) is 1. The third kappa shape index (κ3) is 3.21. The van der Waals surface area contributed by atoms with E-state index in [0.29, 0.717) is 26.2 Å². The molecule has 20 heavy (non-hydrogen) atoms. The molecular weight excluding hydrogens is 269 g/mol. The highest BCUT2D eigenvalue weighted by atomic mass is 19.1. The van der Waals surface area contributed by atoms with Gasteiger partial charge in [0, 0.05) is 38.3 Å². The molecule has 108 valence electrons. The largest absolute Gasteiger partial charge is 0.480 e. The first kappa shape index (κ1) is 14.2. The molecule has 1 aliphatic heterocycles. The van der Waals surface area contributed by atoms with E-state index < -0.39 is 16.7 Å². The van der Waals surface area contributed by atoms with Gasteiger partial charge in [0.2, 0.25) is 0 Å². The molecule has 1 aromatic rings. The molecule has 1 aromatic carbocycles. The Morgan fingerprint density at radius 1 is 1.35 bits per heavy atom. The molecule has 0 atom stereocenters. The Kier molecular flexibility index (Phi) is 4.14. The molecule has 0 aromatic heterocycles. The molecule has 1 aliphatic rings. The van der Waals surface area contributed by atoms with Crippen molar-refractivity contribution in [1.29, 1.82) is 0 Å². The number of benzene rings is 1. The third-order valence-corrected chi connectivity index (χ3v) is 3.21. The molecule has 1 saturated heterocycles. The zero-order valence-electron chi connectivity index (χ0n) is 10.7. The first-order valence-corrected chi connectivity index (χ1v) is 6.10. The number of carbonyl (C=O) groups is 1. The topological polar surface area (TPSA) is 86.9 Å². The number of anilines is 1. The summed E-state index contributed by atoms with van der Waals surface area (Å²) in [6, 6.07) is 3.35. The number of rotatable bonds is 4. The number of aliphatic carboxylic acids is 1. The minimum atomic E-state index is -0.907. The average molecular weight is 283 g/mol. The third-order valence-electron chi connectivity index (χ3n) is 3.21. The van der Waals surface area contributed by atoms with Crippen LogP contribution in [0, 0.1) is 15.9 Å². The zero-order valence-corrected chi connectivity index (χ0v) is 10.7. The van der Waals surface area contributed by atoms with Gasteiger partial charge in [0.15, 0.2) is 0 Å². The standard InChI is InChI=1S/C12H14FN3O4/c13-9-1-2-10(16(19)20)11(7-9)15-5-3-14(4-6-15)8-12(17)18/h1-2,7H,3-6,8H2,(H,17,18). The van der Waals surface area contributed by atoms with Crippen molar-refractivity contribution < 1.29 is 19.2 Å². The van der Waals surface area contributed by atoms with Crippen LogP contribution in [0.25, 0.3) is 0 Å². The molecule has 0 amide bonds. The lowest BCUT2D eigenvalue weighted by molar-refractivity contribution is -0.384. The van der Waals surface area contributed by atoms with E-state index in [0.717, 1.165) is 18.2 Å². The lowest BCUT2D eigenvalue weighted by atomic mass is 10.2. The van der Waals surface area contributed by atoms with E-state index in [4.69, 9.17) is 5.11 Å². The molecule has 0 spiro atoms. The van der Waals surface area contributed by atoms with Gasteiger partial charge in [-0.15, -0.1) is 0 Å². The van der Waals surface area contributed by atoms with Crippen molar-refractivity contribution in [3.8, 4) is 0 Å². The summed E-state index contributed by atoms with van der Waals surface area (Å²) in [7, 11) is 0. The average Bonchev–Trinajstić information content (AvgIpc) is 2.38. The minimum absolute atomic E-state index is 0.0565. The lowest BCUT2D eigenvalue weighted by Crippen LogP contribution is -2.48. The number of nitro benzene ring substituents is 1. The van der Waals surface area contributed by atoms with Crippen LogP contribution >= 0.6 is 0 Å². The monoisotopic (exact) mass is 283 g/mol. The highest BCUT2D eigenvalue weighted by Crippen LogP contribution is 2.29. The van der Waals surface area contributed by atoms with Crippen LogP contribution in [0.3, 0.4) is 0 Å². The van der Waals surface area contributed by atoms with Crippen molar-refractivity contribution in [3.63, 3.8) is 0 Å². The SMILES string of the molecule is O=C(O)CN1CCN(c2cc(F)ccc2[N+](=O)[O-])CC1. The molecule has 0 radical (unpaired) electrons. The van der Waals surface area contributed by atoms with Crippen molar-refractivity contribution in [2.24, 2.45) is 0 Å². The molecule has 1 N–H and O–H groups in total. The van der Waals surface area contributed by atoms with Gasteiger partial charge >= 0.3 is 5.97 Å². The van der Waals surface area contributed by atoms with E-state index in [-0.39, 0.29) is 17.9 Å². The Morgan fingerprint density at radius 2 is 2.00 bits per heavy atom. The quantitative estimate of drug-likeness (QED) is 0.653. The fourth-order valence-corrected chi connectivity index (χ4v) is 2.24. The van der Waals surface area contributed by atoms with Crippen molar-refractivity contribution in [2.75, 3.05) is 37.6 Å². The molecule has 1 heterocycles. The Morgan fingerprint density at radius 3 is 2.55 bits per heavy atom.